The van der Waals surface area contributed by atoms with Crippen LogP contribution in [-0.4, -0.2) is 41.2 Å². The first-order valence-electron chi connectivity index (χ1n) is 12.6. The number of rotatable bonds is 6. The molecule has 2 saturated heterocycles. The number of hydrogen-bond acceptors (Lipinski definition) is 5. The average Bonchev–Trinajstić information content (AvgIpc) is 3.30. The number of amides is 1. The topological polar surface area (TPSA) is 63.7 Å². The van der Waals surface area contributed by atoms with Gasteiger partial charge in [0.2, 0.25) is 0 Å². The molecule has 0 bridgehead atoms. The van der Waals surface area contributed by atoms with E-state index in [9.17, 15) is 4.79 Å². The van der Waals surface area contributed by atoms with Gasteiger partial charge >= 0.3 is 6.09 Å². The van der Waals surface area contributed by atoms with E-state index >= 15 is 0 Å². The molecule has 1 N–H and O–H groups in total. The van der Waals surface area contributed by atoms with Crippen molar-refractivity contribution in [2.24, 2.45) is 0 Å². The van der Waals surface area contributed by atoms with Crippen LogP contribution in [-0.2, 0) is 11.3 Å². The molecule has 0 radical (unpaired) electrons. The lowest BCUT2D eigenvalue weighted by Crippen LogP contribution is -2.47. The zero-order chi connectivity index (χ0) is 25.2. The van der Waals surface area contributed by atoms with E-state index in [4.69, 9.17) is 26.1 Å². The summed E-state index contributed by atoms with van der Waals surface area (Å²) in [5.41, 5.74) is 3.83. The molecule has 6 rings (SSSR count). The van der Waals surface area contributed by atoms with Crippen molar-refractivity contribution in [3.63, 3.8) is 0 Å². The predicted octanol–water partition coefficient (Wildman–Crippen LogP) is 6.13. The average molecular weight is 514 g/mol. The minimum Gasteiger partial charge on any atom is -0.487 e. The number of carbonyl (C=O) groups excluding carboxylic acids is 1. The van der Waals surface area contributed by atoms with E-state index < -0.39 is 0 Å². The lowest BCUT2D eigenvalue weighted by Gasteiger charge is -2.41. The summed E-state index contributed by atoms with van der Waals surface area (Å²) in [6, 6.07) is 28.6. The number of benzene rings is 3. The lowest BCUT2D eigenvalue weighted by molar-refractivity contribution is -0.00618. The van der Waals surface area contributed by atoms with E-state index in [1.54, 1.807) is 0 Å². The van der Waals surface area contributed by atoms with Gasteiger partial charge in [0, 0.05) is 36.3 Å². The second-order valence-corrected chi connectivity index (χ2v) is 10.2. The Kier molecular flexibility index (Phi) is 6.45. The number of pyridine rings is 1. The number of halogens is 1. The smallest absolute Gasteiger partial charge is 0.407 e. The number of carbonyl (C=O) groups is 1. The SMILES string of the molecule is O=C1NCC2(CCN(C(c3ccc(Cl)cc3)c3ccc(OCc4ccc5ccccc5n4)cc3)CC2)O1. The molecule has 3 heterocycles. The Bertz CT molecular complexity index is 1400. The van der Waals surface area contributed by atoms with Gasteiger partial charge in [-0.25, -0.2) is 9.78 Å². The molecule has 188 valence electrons. The Hall–Kier alpha value is -3.61. The minimum atomic E-state index is -0.382. The number of fused-ring (bicyclic) bond motifs is 1. The molecule has 0 aliphatic carbocycles. The molecular weight excluding hydrogens is 486 g/mol. The molecular formula is C30H28ClN3O3. The van der Waals surface area contributed by atoms with Crippen molar-refractivity contribution in [2.45, 2.75) is 31.1 Å². The third kappa shape index (κ3) is 5.13. The Morgan fingerprint density at radius 2 is 1.65 bits per heavy atom. The number of nitrogens with one attached hydrogen (secondary N) is 1. The van der Waals surface area contributed by atoms with Crippen LogP contribution >= 0.6 is 11.6 Å². The fourth-order valence-electron chi connectivity index (χ4n) is 5.32. The van der Waals surface area contributed by atoms with Gasteiger partial charge in [-0.2, -0.15) is 0 Å². The summed E-state index contributed by atoms with van der Waals surface area (Å²) in [4.78, 5) is 18.8. The number of ether oxygens (including phenoxy) is 2. The molecule has 0 saturated carbocycles. The fourth-order valence-corrected chi connectivity index (χ4v) is 5.45. The largest absolute Gasteiger partial charge is 0.487 e. The van der Waals surface area contributed by atoms with Gasteiger partial charge in [-0.15, -0.1) is 0 Å². The highest BCUT2D eigenvalue weighted by Crippen LogP contribution is 2.37. The van der Waals surface area contributed by atoms with Crippen molar-refractivity contribution in [2.75, 3.05) is 19.6 Å². The molecule has 4 aromatic rings. The van der Waals surface area contributed by atoms with E-state index in [0.29, 0.717) is 13.2 Å². The van der Waals surface area contributed by atoms with Crippen LogP contribution in [0, 0.1) is 0 Å². The first-order chi connectivity index (χ1) is 18.1. The van der Waals surface area contributed by atoms with E-state index in [-0.39, 0.29) is 17.7 Å². The molecule has 2 fully saturated rings. The quantitative estimate of drug-likeness (QED) is 0.336. The molecule has 7 heteroatoms. The highest BCUT2D eigenvalue weighted by molar-refractivity contribution is 6.30. The van der Waals surface area contributed by atoms with Crippen molar-refractivity contribution < 1.29 is 14.3 Å². The zero-order valence-corrected chi connectivity index (χ0v) is 21.2. The zero-order valence-electron chi connectivity index (χ0n) is 20.4. The second kappa shape index (κ2) is 10.0. The van der Waals surface area contributed by atoms with Crippen molar-refractivity contribution in [3.05, 3.63) is 107 Å². The van der Waals surface area contributed by atoms with Gasteiger partial charge in [0.1, 0.15) is 18.0 Å². The van der Waals surface area contributed by atoms with Crippen LogP contribution in [0.5, 0.6) is 5.75 Å². The Balaban J connectivity index is 1.18. The Labute approximate surface area is 221 Å². The molecule has 1 atom stereocenters. The van der Waals surface area contributed by atoms with Crippen LogP contribution in [0.4, 0.5) is 4.79 Å². The molecule has 37 heavy (non-hydrogen) atoms. The third-order valence-corrected chi connectivity index (χ3v) is 7.61. The van der Waals surface area contributed by atoms with Gasteiger partial charge in [0.05, 0.1) is 23.8 Å². The summed E-state index contributed by atoms with van der Waals surface area (Å²) in [5, 5.41) is 4.66. The normalized spacial score (nSPS) is 17.9. The Morgan fingerprint density at radius 1 is 0.946 bits per heavy atom. The van der Waals surface area contributed by atoms with Gasteiger partial charge in [0.25, 0.3) is 0 Å². The summed E-state index contributed by atoms with van der Waals surface area (Å²) in [6.07, 6.45) is 1.29. The highest BCUT2D eigenvalue weighted by Gasteiger charge is 2.44. The van der Waals surface area contributed by atoms with Crippen LogP contribution in [0.15, 0.2) is 84.9 Å². The third-order valence-electron chi connectivity index (χ3n) is 7.36. The van der Waals surface area contributed by atoms with Crippen molar-refractivity contribution in [1.82, 2.24) is 15.2 Å². The maximum Gasteiger partial charge on any atom is 0.407 e. The van der Waals surface area contributed by atoms with Crippen molar-refractivity contribution >= 4 is 28.6 Å². The first-order valence-corrected chi connectivity index (χ1v) is 13.0. The molecule has 6 nitrogen and oxygen atoms in total. The summed E-state index contributed by atoms with van der Waals surface area (Å²) >= 11 is 6.19. The van der Waals surface area contributed by atoms with Crippen molar-refractivity contribution in [1.29, 1.82) is 0 Å². The first kappa shape index (κ1) is 23.8. The fraction of sp³-hybridized carbons (Fsp3) is 0.267. The van der Waals surface area contributed by atoms with E-state index in [1.807, 2.05) is 48.5 Å². The number of para-hydroxylation sites is 1. The number of alkyl carbamates (subject to hydrolysis) is 1. The molecule has 1 amide bonds. The number of aromatic nitrogens is 1. The maximum absolute atomic E-state index is 11.7. The number of hydrogen-bond donors (Lipinski definition) is 1. The lowest BCUT2D eigenvalue weighted by atomic mass is 9.88. The predicted molar refractivity (Wildman–Crippen MR) is 144 cm³/mol. The van der Waals surface area contributed by atoms with Crippen LogP contribution in [0.3, 0.4) is 0 Å². The van der Waals surface area contributed by atoms with Crippen LogP contribution in [0.25, 0.3) is 10.9 Å². The van der Waals surface area contributed by atoms with Gasteiger partial charge in [-0.3, -0.25) is 4.90 Å². The molecule has 2 aliphatic heterocycles. The standard InChI is InChI=1S/C30H28ClN3O3/c31-24-10-5-22(6-11-24)28(34-17-15-30(16-18-34)20-32-29(35)37-30)23-8-13-26(14-9-23)36-19-25-12-7-21-3-1-2-4-27(21)33-25/h1-14,28H,15-20H2,(H,32,35). The van der Waals surface area contributed by atoms with Crippen LogP contribution in [0.1, 0.15) is 35.7 Å². The molecule has 1 spiro atoms. The number of nitrogens with zero attached hydrogens (tertiary/aromatic N) is 2. The van der Waals surface area contributed by atoms with Gasteiger partial charge in [-0.05, 0) is 47.5 Å². The summed E-state index contributed by atoms with van der Waals surface area (Å²) in [6.45, 7) is 2.65. The number of piperidine rings is 1. The summed E-state index contributed by atoms with van der Waals surface area (Å²) < 4.78 is 11.7. The van der Waals surface area contributed by atoms with Crippen LogP contribution < -0.4 is 10.1 Å². The highest BCUT2D eigenvalue weighted by atomic mass is 35.5. The summed E-state index contributed by atoms with van der Waals surface area (Å²) in [7, 11) is 0. The minimum absolute atomic E-state index is 0.0656. The van der Waals surface area contributed by atoms with Gasteiger partial charge in [0.15, 0.2) is 0 Å². The van der Waals surface area contributed by atoms with Gasteiger partial charge in [-0.1, -0.05) is 60.1 Å². The monoisotopic (exact) mass is 513 g/mol. The summed E-state index contributed by atoms with van der Waals surface area (Å²) in [5.74, 6) is 0.801. The maximum atomic E-state index is 11.7. The molecule has 3 aromatic carbocycles. The van der Waals surface area contributed by atoms with E-state index in [1.165, 1.54) is 11.1 Å². The number of likely N-dealkylation sites (tertiary alicyclic amines) is 1. The Morgan fingerprint density at radius 3 is 2.35 bits per heavy atom. The van der Waals surface area contributed by atoms with E-state index in [0.717, 1.165) is 53.3 Å². The molecule has 1 aromatic heterocycles. The second-order valence-electron chi connectivity index (χ2n) is 9.77. The van der Waals surface area contributed by atoms with Crippen molar-refractivity contribution in [3.8, 4) is 5.75 Å². The molecule has 1 unspecified atom stereocenters. The molecule has 2 aliphatic rings. The van der Waals surface area contributed by atoms with E-state index in [2.05, 4.69) is 46.6 Å². The van der Waals surface area contributed by atoms with Gasteiger partial charge < -0.3 is 14.8 Å². The van der Waals surface area contributed by atoms with Crippen LogP contribution in [0.2, 0.25) is 5.02 Å².